The van der Waals surface area contributed by atoms with Crippen LogP contribution >= 0.6 is 16.5 Å². The van der Waals surface area contributed by atoms with Gasteiger partial charge in [0.15, 0.2) is 0 Å². The van der Waals surface area contributed by atoms with Crippen LogP contribution in [0.2, 0.25) is 0 Å². The van der Waals surface area contributed by atoms with Crippen LogP contribution in [-0.4, -0.2) is 14.2 Å². The van der Waals surface area contributed by atoms with Gasteiger partial charge in [-0.1, -0.05) is 0 Å². The minimum atomic E-state index is -2.35. The predicted octanol–water partition coefficient (Wildman–Crippen LogP) is 1.54. The summed E-state index contributed by atoms with van der Waals surface area (Å²) in [6.45, 7) is 0. The molecule has 0 amide bonds. The highest BCUT2D eigenvalue weighted by Gasteiger charge is 2.30. The summed E-state index contributed by atoms with van der Waals surface area (Å²) in [6.07, 6.45) is 0. The van der Waals surface area contributed by atoms with E-state index in [4.69, 9.17) is 0 Å². The Labute approximate surface area is 59.2 Å². The number of rotatable bonds is 5. The zero-order valence-corrected chi connectivity index (χ0v) is 7.13. The SMILES string of the molecule is CO[P+](=O)OO[P+](=O)OC. The zero-order valence-electron chi connectivity index (χ0n) is 5.34. The van der Waals surface area contributed by atoms with Gasteiger partial charge in [-0.15, -0.1) is 9.05 Å². The molecule has 0 aromatic heterocycles. The Bertz CT molecular complexity index is 118. The van der Waals surface area contributed by atoms with E-state index in [-0.39, 0.29) is 0 Å². The molecule has 58 valence electrons. The fraction of sp³-hybridized carbons (Fsp3) is 1.00. The average molecular weight is 188 g/mol. The minimum Gasteiger partial charge on any atom is -0.121 e. The van der Waals surface area contributed by atoms with Gasteiger partial charge in [-0.3, -0.25) is 0 Å². The van der Waals surface area contributed by atoms with Gasteiger partial charge in [-0.25, -0.2) is 0 Å². The summed E-state index contributed by atoms with van der Waals surface area (Å²) in [6, 6.07) is 0. The highest BCUT2D eigenvalue weighted by Crippen LogP contribution is 2.31. The van der Waals surface area contributed by atoms with Gasteiger partial charge < -0.3 is 0 Å². The number of hydrogen-bond donors (Lipinski definition) is 0. The van der Waals surface area contributed by atoms with E-state index in [0.29, 0.717) is 0 Å². The van der Waals surface area contributed by atoms with Crippen molar-refractivity contribution in [2.75, 3.05) is 14.2 Å². The predicted molar refractivity (Wildman–Crippen MR) is 31.4 cm³/mol. The van der Waals surface area contributed by atoms with E-state index in [2.05, 4.69) is 18.4 Å². The Kier molecular flexibility index (Phi) is 5.82. The molecule has 0 aliphatic carbocycles. The Morgan fingerprint density at radius 1 is 0.900 bits per heavy atom. The van der Waals surface area contributed by atoms with Crippen LogP contribution in [-0.2, 0) is 27.5 Å². The molecule has 0 bridgehead atoms. The molecule has 0 saturated carbocycles. The Hall–Kier alpha value is 0.0400. The van der Waals surface area contributed by atoms with Crippen molar-refractivity contribution in [2.45, 2.75) is 0 Å². The molecule has 0 radical (unpaired) electrons. The molecule has 0 N–H and O–H groups in total. The van der Waals surface area contributed by atoms with Gasteiger partial charge in [0.2, 0.25) is 0 Å². The Morgan fingerprint density at radius 2 is 1.20 bits per heavy atom. The summed E-state index contributed by atoms with van der Waals surface area (Å²) in [5.41, 5.74) is 0. The minimum absolute atomic E-state index is 1.15. The lowest BCUT2D eigenvalue weighted by atomic mass is 11.8. The van der Waals surface area contributed by atoms with Gasteiger partial charge in [-0.2, -0.15) is 0 Å². The topological polar surface area (TPSA) is 71.1 Å². The molecule has 10 heavy (non-hydrogen) atoms. The maximum atomic E-state index is 10.2. The Balaban J connectivity index is 3.35. The van der Waals surface area contributed by atoms with E-state index in [1.165, 1.54) is 0 Å². The molecule has 2 atom stereocenters. The van der Waals surface area contributed by atoms with Crippen LogP contribution in [0.1, 0.15) is 0 Å². The third-order valence-electron chi connectivity index (χ3n) is 0.453. The largest absolute Gasteiger partial charge is 0.732 e. The van der Waals surface area contributed by atoms with Crippen molar-refractivity contribution in [2.24, 2.45) is 0 Å². The lowest BCUT2D eigenvalue weighted by Crippen LogP contribution is -1.78. The van der Waals surface area contributed by atoms with Crippen molar-refractivity contribution in [3.63, 3.8) is 0 Å². The summed E-state index contributed by atoms with van der Waals surface area (Å²) in [7, 11) is -2.40. The highest BCUT2D eigenvalue weighted by atomic mass is 31.1. The summed E-state index contributed by atoms with van der Waals surface area (Å²) in [4.78, 5) is 0. The lowest BCUT2D eigenvalue weighted by Gasteiger charge is -1.72. The van der Waals surface area contributed by atoms with E-state index in [1.54, 1.807) is 0 Å². The van der Waals surface area contributed by atoms with E-state index in [0.717, 1.165) is 14.2 Å². The molecule has 0 aliphatic rings. The fourth-order valence-electron chi connectivity index (χ4n) is 0.115. The molecular weight excluding hydrogens is 182 g/mol. The molecule has 8 heteroatoms. The molecule has 2 unspecified atom stereocenters. The lowest BCUT2D eigenvalue weighted by molar-refractivity contribution is -0.107. The van der Waals surface area contributed by atoms with Gasteiger partial charge in [-0.05, 0) is 0 Å². The van der Waals surface area contributed by atoms with Gasteiger partial charge in [0, 0.05) is 9.13 Å². The molecule has 6 nitrogen and oxygen atoms in total. The second kappa shape index (κ2) is 5.80. The first-order valence-corrected chi connectivity index (χ1v) is 4.27. The molecule has 0 aromatic carbocycles. The smallest absolute Gasteiger partial charge is 0.121 e. The Morgan fingerprint density at radius 3 is 1.40 bits per heavy atom. The maximum absolute atomic E-state index is 10.2. The molecule has 0 aliphatic heterocycles. The molecule has 0 spiro atoms. The third-order valence-corrected chi connectivity index (χ3v) is 1.56. The molecule has 0 fully saturated rings. The molecule has 0 saturated heterocycles. The average Bonchev–Trinajstić information content (AvgIpc) is 1.99. The fourth-order valence-corrected chi connectivity index (χ4v) is 0.672. The summed E-state index contributed by atoms with van der Waals surface area (Å²) < 4.78 is 36.5. The van der Waals surface area contributed by atoms with Crippen LogP contribution in [0, 0.1) is 0 Å². The maximum Gasteiger partial charge on any atom is 0.732 e. The first kappa shape index (κ1) is 10.0. The highest BCUT2D eigenvalue weighted by molar-refractivity contribution is 7.35. The van der Waals surface area contributed by atoms with Gasteiger partial charge >= 0.3 is 16.5 Å². The van der Waals surface area contributed by atoms with Crippen LogP contribution < -0.4 is 0 Å². The summed E-state index contributed by atoms with van der Waals surface area (Å²) in [5, 5.41) is 0. The zero-order chi connectivity index (χ0) is 7.98. The second-order valence-electron chi connectivity index (χ2n) is 0.961. The van der Waals surface area contributed by atoms with Gasteiger partial charge in [0.1, 0.15) is 9.35 Å². The van der Waals surface area contributed by atoms with Gasteiger partial charge in [0.25, 0.3) is 0 Å². The summed E-state index contributed by atoms with van der Waals surface area (Å²) in [5.74, 6) is 0. The van der Waals surface area contributed by atoms with Crippen LogP contribution in [0.25, 0.3) is 0 Å². The van der Waals surface area contributed by atoms with Crippen LogP contribution in [0.3, 0.4) is 0 Å². The van der Waals surface area contributed by atoms with E-state index in [9.17, 15) is 9.13 Å². The second-order valence-corrected chi connectivity index (χ2v) is 2.88. The van der Waals surface area contributed by atoms with E-state index >= 15 is 0 Å². The van der Waals surface area contributed by atoms with E-state index in [1.807, 2.05) is 0 Å². The standard InChI is InChI=1S/C2H6O6P2/c1-5-9(3)7-8-10(4)6-2/h1-2H3/q+2. The van der Waals surface area contributed by atoms with Crippen molar-refractivity contribution in [1.29, 1.82) is 0 Å². The monoisotopic (exact) mass is 188 g/mol. The van der Waals surface area contributed by atoms with E-state index < -0.39 is 16.5 Å². The van der Waals surface area contributed by atoms with Crippen molar-refractivity contribution >= 4 is 16.5 Å². The normalized spacial score (nSPS) is 13.0. The van der Waals surface area contributed by atoms with Crippen molar-refractivity contribution in [3.05, 3.63) is 0 Å². The molecule has 0 rings (SSSR count). The van der Waals surface area contributed by atoms with Crippen LogP contribution in [0.15, 0.2) is 0 Å². The van der Waals surface area contributed by atoms with Crippen molar-refractivity contribution in [1.82, 2.24) is 0 Å². The quantitative estimate of drug-likeness (QED) is 0.370. The first-order valence-electron chi connectivity index (χ1n) is 2.08. The summed E-state index contributed by atoms with van der Waals surface area (Å²) >= 11 is 0. The number of hydrogen-bond acceptors (Lipinski definition) is 6. The third kappa shape index (κ3) is 4.88. The first-order chi connectivity index (χ1) is 4.70. The van der Waals surface area contributed by atoms with Gasteiger partial charge in [0.05, 0.1) is 14.2 Å². The molecule has 0 aromatic rings. The van der Waals surface area contributed by atoms with Crippen molar-refractivity contribution < 1.29 is 27.5 Å². The molecule has 0 heterocycles. The molecular formula is C2H6O6P2+2. The van der Waals surface area contributed by atoms with Crippen LogP contribution in [0.5, 0.6) is 0 Å². The van der Waals surface area contributed by atoms with Crippen LogP contribution in [0.4, 0.5) is 0 Å². The van der Waals surface area contributed by atoms with Crippen molar-refractivity contribution in [3.8, 4) is 0 Å².